The standard InChI is InChI=1S/C10H16N2/c1-9(5-4-7-11)10-6-2-3-8-12-10/h2-3,6,8-9H,4-5,7,11H2,1H3. The second-order valence-electron chi connectivity index (χ2n) is 3.09. The SMILES string of the molecule is CC(CCCN)c1ccccn1. The molecule has 2 nitrogen and oxygen atoms in total. The van der Waals surface area contributed by atoms with Crippen LogP contribution in [0.5, 0.6) is 0 Å². The van der Waals surface area contributed by atoms with E-state index in [0.717, 1.165) is 19.4 Å². The lowest BCUT2D eigenvalue weighted by Crippen LogP contribution is -2.02. The summed E-state index contributed by atoms with van der Waals surface area (Å²) < 4.78 is 0. The first-order valence-electron chi connectivity index (χ1n) is 4.45. The summed E-state index contributed by atoms with van der Waals surface area (Å²) in [6.07, 6.45) is 4.06. The highest BCUT2D eigenvalue weighted by Gasteiger charge is 2.04. The minimum Gasteiger partial charge on any atom is -0.330 e. The van der Waals surface area contributed by atoms with E-state index in [1.807, 2.05) is 18.3 Å². The van der Waals surface area contributed by atoms with Crippen molar-refractivity contribution in [2.24, 2.45) is 5.73 Å². The molecule has 0 bridgehead atoms. The van der Waals surface area contributed by atoms with Crippen molar-refractivity contribution in [1.29, 1.82) is 0 Å². The Balaban J connectivity index is 2.48. The van der Waals surface area contributed by atoms with Crippen molar-refractivity contribution in [2.45, 2.75) is 25.7 Å². The van der Waals surface area contributed by atoms with E-state index < -0.39 is 0 Å². The molecule has 1 aromatic heterocycles. The van der Waals surface area contributed by atoms with E-state index in [2.05, 4.69) is 18.0 Å². The van der Waals surface area contributed by atoms with Gasteiger partial charge in [0.15, 0.2) is 0 Å². The Labute approximate surface area is 73.8 Å². The third kappa shape index (κ3) is 2.62. The first kappa shape index (κ1) is 9.20. The maximum absolute atomic E-state index is 5.43. The van der Waals surface area contributed by atoms with Gasteiger partial charge in [-0.25, -0.2) is 0 Å². The summed E-state index contributed by atoms with van der Waals surface area (Å²) in [5, 5.41) is 0. The van der Waals surface area contributed by atoms with Crippen LogP contribution in [0.15, 0.2) is 24.4 Å². The van der Waals surface area contributed by atoms with Crippen LogP contribution in [0.25, 0.3) is 0 Å². The molecule has 12 heavy (non-hydrogen) atoms. The van der Waals surface area contributed by atoms with Gasteiger partial charge < -0.3 is 5.73 Å². The average Bonchev–Trinajstić information content (AvgIpc) is 2.15. The Bertz CT molecular complexity index is 208. The number of rotatable bonds is 4. The largest absolute Gasteiger partial charge is 0.330 e. The Morgan fingerprint density at radius 3 is 2.92 bits per heavy atom. The van der Waals surface area contributed by atoms with E-state index in [-0.39, 0.29) is 0 Å². The van der Waals surface area contributed by atoms with E-state index in [4.69, 9.17) is 5.73 Å². The zero-order valence-corrected chi connectivity index (χ0v) is 7.53. The quantitative estimate of drug-likeness (QED) is 0.738. The molecule has 0 aliphatic heterocycles. The smallest absolute Gasteiger partial charge is 0.0431 e. The molecule has 0 spiro atoms. The third-order valence-corrected chi connectivity index (χ3v) is 2.03. The molecular weight excluding hydrogens is 148 g/mol. The molecule has 1 atom stereocenters. The van der Waals surface area contributed by atoms with Gasteiger partial charge in [-0.2, -0.15) is 0 Å². The van der Waals surface area contributed by atoms with Crippen molar-refractivity contribution in [3.63, 3.8) is 0 Å². The molecule has 0 fully saturated rings. The van der Waals surface area contributed by atoms with Gasteiger partial charge in [0.2, 0.25) is 0 Å². The van der Waals surface area contributed by atoms with Crippen LogP contribution in [0.3, 0.4) is 0 Å². The van der Waals surface area contributed by atoms with Gasteiger partial charge in [0, 0.05) is 11.9 Å². The normalized spacial score (nSPS) is 12.8. The Kier molecular flexibility index (Phi) is 3.74. The Morgan fingerprint density at radius 2 is 2.33 bits per heavy atom. The lowest BCUT2D eigenvalue weighted by molar-refractivity contribution is 0.626. The van der Waals surface area contributed by atoms with E-state index in [0.29, 0.717) is 5.92 Å². The summed E-state index contributed by atoms with van der Waals surface area (Å²) in [7, 11) is 0. The molecule has 0 saturated carbocycles. The minimum absolute atomic E-state index is 0.537. The molecule has 1 heterocycles. The van der Waals surface area contributed by atoms with Gasteiger partial charge in [0.05, 0.1) is 0 Å². The van der Waals surface area contributed by atoms with Crippen molar-refractivity contribution in [2.75, 3.05) is 6.54 Å². The van der Waals surface area contributed by atoms with Crippen molar-refractivity contribution in [1.82, 2.24) is 4.98 Å². The van der Waals surface area contributed by atoms with Crippen LogP contribution in [-0.2, 0) is 0 Å². The molecular formula is C10H16N2. The average molecular weight is 164 g/mol. The molecule has 0 amide bonds. The number of nitrogens with two attached hydrogens (primary N) is 1. The number of pyridine rings is 1. The molecule has 2 N–H and O–H groups in total. The predicted molar refractivity (Wildman–Crippen MR) is 50.9 cm³/mol. The zero-order valence-electron chi connectivity index (χ0n) is 7.53. The van der Waals surface area contributed by atoms with Crippen molar-refractivity contribution >= 4 is 0 Å². The first-order valence-corrected chi connectivity index (χ1v) is 4.45. The van der Waals surface area contributed by atoms with E-state index in [1.54, 1.807) is 0 Å². The second-order valence-corrected chi connectivity index (χ2v) is 3.09. The molecule has 1 rings (SSSR count). The highest BCUT2D eigenvalue weighted by atomic mass is 14.7. The van der Waals surface area contributed by atoms with Crippen molar-refractivity contribution in [3.8, 4) is 0 Å². The number of hydrogen-bond acceptors (Lipinski definition) is 2. The molecule has 0 aromatic carbocycles. The fourth-order valence-electron chi connectivity index (χ4n) is 1.24. The molecule has 0 aliphatic carbocycles. The summed E-state index contributed by atoms with van der Waals surface area (Å²) in [6.45, 7) is 2.97. The molecule has 2 heteroatoms. The van der Waals surface area contributed by atoms with Crippen LogP contribution < -0.4 is 5.73 Å². The van der Waals surface area contributed by atoms with Gasteiger partial charge in [-0.05, 0) is 37.4 Å². The van der Waals surface area contributed by atoms with Crippen LogP contribution in [-0.4, -0.2) is 11.5 Å². The number of hydrogen-bond donors (Lipinski definition) is 1. The van der Waals surface area contributed by atoms with Gasteiger partial charge in [-0.1, -0.05) is 13.0 Å². The van der Waals surface area contributed by atoms with E-state index >= 15 is 0 Å². The second kappa shape index (κ2) is 4.88. The number of nitrogens with zero attached hydrogens (tertiary/aromatic N) is 1. The lowest BCUT2D eigenvalue weighted by atomic mass is 10.0. The molecule has 0 radical (unpaired) electrons. The van der Waals surface area contributed by atoms with Crippen LogP contribution in [0, 0.1) is 0 Å². The molecule has 0 saturated heterocycles. The van der Waals surface area contributed by atoms with Gasteiger partial charge in [0.1, 0.15) is 0 Å². The summed E-state index contributed by atoms with van der Waals surface area (Å²) in [6, 6.07) is 6.04. The van der Waals surface area contributed by atoms with Crippen LogP contribution in [0.2, 0.25) is 0 Å². The number of aromatic nitrogens is 1. The zero-order chi connectivity index (χ0) is 8.81. The van der Waals surface area contributed by atoms with Gasteiger partial charge in [-0.3, -0.25) is 4.98 Å². The van der Waals surface area contributed by atoms with E-state index in [9.17, 15) is 0 Å². The van der Waals surface area contributed by atoms with Crippen LogP contribution >= 0.6 is 0 Å². The topological polar surface area (TPSA) is 38.9 Å². The van der Waals surface area contributed by atoms with Crippen LogP contribution in [0.1, 0.15) is 31.4 Å². The predicted octanol–water partition coefficient (Wildman–Crippen LogP) is 1.92. The minimum atomic E-state index is 0.537. The third-order valence-electron chi connectivity index (χ3n) is 2.03. The molecule has 66 valence electrons. The monoisotopic (exact) mass is 164 g/mol. The highest BCUT2D eigenvalue weighted by molar-refractivity contribution is 5.07. The lowest BCUT2D eigenvalue weighted by Gasteiger charge is -2.08. The summed E-state index contributed by atoms with van der Waals surface area (Å²) >= 11 is 0. The summed E-state index contributed by atoms with van der Waals surface area (Å²) in [5.74, 6) is 0.537. The first-order chi connectivity index (χ1) is 5.84. The van der Waals surface area contributed by atoms with Gasteiger partial charge in [0.25, 0.3) is 0 Å². The summed E-state index contributed by atoms with van der Waals surface area (Å²) in [5.41, 5.74) is 6.61. The molecule has 0 aliphatic rings. The Hall–Kier alpha value is -0.890. The van der Waals surface area contributed by atoms with Gasteiger partial charge in [-0.15, -0.1) is 0 Å². The van der Waals surface area contributed by atoms with E-state index in [1.165, 1.54) is 5.69 Å². The highest BCUT2D eigenvalue weighted by Crippen LogP contribution is 2.16. The Morgan fingerprint density at radius 1 is 1.50 bits per heavy atom. The fraction of sp³-hybridized carbons (Fsp3) is 0.500. The van der Waals surface area contributed by atoms with Crippen molar-refractivity contribution < 1.29 is 0 Å². The fourth-order valence-corrected chi connectivity index (χ4v) is 1.24. The molecule has 1 unspecified atom stereocenters. The van der Waals surface area contributed by atoms with Crippen molar-refractivity contribution in [3.05, 3.63) is 30.1 Å². The van der Waals surface area contributed by atoms with Crippen LogP contribution in [0.4, 0.5) is 0 Å². The maximum Gasteiger partial charge on any atom is 0.0431 e. The molecule has 1 aromatic rings. The van der Waals surface area contributed by atoms with Gasteiger partial charge >= 0.3 is 0 Å². The maximum atomic E-state index is 5.43. The summed E-state index contributed by atoms with van der Waals surface area (Å²) in [4.78, 5) is 4.29.